The number of amides is 2. The number of alkyl carbamates (subject to hydrolysis) is 1. The fraction of sp³-hybridized carbons (Fsp3) is 0.450. The third kappa shape index (κ3) is 18.5. The molecular weight excluding hydrogens is 636 g/mol. The van der Waals surface area contributed by atoms with Crippen molar-refractivity contribution in [3.8, 4) is 0 Å². The summed E-state index contributed by atoms with van der Waals surface area (Å²) >= 11 is 1.53. The zero-order valence-electron chi connectivity index (χ0n) is 18.4. The summed E-state index contributed by atoms with van der Waals surface area (Å²) in [7, 11) is 1.00. The third-order valence-electron chi connectivity index (χ3n) is 3.64. The second kappa shape index (κ2) is 21.1. The smallest absolute Gasteiger partial charge is 0.408 e. The molecule has 13 heteroatoms. The van der Waals surface area contributed by atoms with Gasteiger partial charge in [0.15, 0.2) is 6.29 Å². The Morgan fingerprint density at radius 1 is 1.12 bits per heavy atom. The first-order chi connectivity index (χ1) is 15.7. The van der Waals surface area contributed by atoms with Gasteiger partial charge in [-0.3, -0.25) is 9.59 Å². The van der Waals surface area contributed by atoms with Gasteiger partial charge in [-0.25, -0.2) is 9.59 Å². The molecule has 1 aromatic rings. The summed E-state index contributed by atoms with van der Waals surface area (Å²) in [6, 6.07) is 6.92. The van der Waals surface area contributed by atoms with E-state index >= 15 is 0 Å². The number of aldehydes is 1. The first-order valence-corrected chi connectivity index (χ1v) is 11.2. The summed E-state index contributed by atoms with van der Waals surface area (Å²) < 4.78 is 7.37. The Hall–Kier alpha value is -2.79. The number of hydrogen-bond acceptors (Lipinski definition) is 8. The molecular formula is C20H30AtN3O9. The molecule has 0 saturated heterocycles. The average molecular weight is 666 g/mol. The van der Waals surface area contributed by atoms with Crippen molar-refractivity contribution in [3.05, 3.63) is 29.8 Å². The molecule has 0 fully saturated rings. The van der Waals surface area contributed by atoms with Crippen molar-refractivity contribution in [2.75, 3.05) is 23.5 Å². The second-order valence-corrected chi connectivity index (χ2v) is 6.71. The van der Waals surface area contributed by atoms with Crippen LogP contribution in [0.3, 0.4) is 0 Å². The van der Waals surface area contributed by atoms with Crippen molar-refractivity contribution in [2.24, 2.45) is 0 Å². The van der Waals surface area contributed by atoms with E-state index in [1.165, 1.54) is 30.6 Å². The zero-order chi connectivity index (χ0) is 25.6. The van der Waals surface area contributed by atoms with Crippen molar-refractivity contribution < 1.29 is 69.0 Å². The number of aliphatic hydroxyl groups is 1. The number of nitrogens with one attached hydrogen (secondary N) is 3. The van der Waals surface area contributed by atoms with E-state index in [0.717, 1.165) is 25.8 Å². The molecule has 1 rings (SSSR count). The molecule has 0 aliphatic carbocycles. The van der Waals surface area contributed by atoms with Gasteiger partial charge < -0.3 is 25.4 Å². The van der Waals surface area contributed by atoms with E-state index in [1.54, 1.807) is 0 Å². The molecule has 0 saturated carbocycles. The van der Waals surface area contributed by atoms with E-state index in [0.29, 0.717) is 12.7 Å². The normalized spacial score (nSPS) is 10.1. The SMILES string of the molecule is CCC(=O)NCCc1ccc(N[At])cc1.CO.O=CCOC(=O)NC(CCC(=O)O)C(=O)O. The monoisotopic (exact) mass is 666 g/mol. The molecule has 186 valence electrons. The fourth-order valence-electron chi connectivity index (χ4n) is 2.02. The van der Waals surface area contributed by atoms with Crippen LogP contribution in [-0.4, -0.2) is 71.8 Å². The summed E-state index contributed by atoms with van der Waals surface area (Å²) in [5.41, 5.74) is 2.38. The minimum atomic E-state index is -1.37. The van der Waals surface area contributed by atoms with E-state index in [-0.39, 0.29) is 12.3 Å². The van der Waals surface area contributed by atoms with Crippen LogP contribution in [0.2, 0.25) is 0 Å². The van der Waals surface area contributed by atoms with Crippen LogP contribution in [0.15, 0.2) is 24.3 Å². The summed E-state index contributed by atoms with van der Waals surface area (Å²) in [5, 5.41) is 28.7. The molecule has 1 aromatic carbocycles. The van der Waals surface area contributed by atoms with Crippen LogP contribution in [0.25, 0.3) is 0 Å². The molecule has 1 atom stereocenters. The van der Waals surface area contributed by atoms with Crippen LogP contribution < -0.4 is 13.9 Å². The van der Waals surface area contributed by atoms with Crippen LogP contribution in [-0.2, 0) is 30.3 Å². The van der Waals surface area contributed by atoms with Gasteiger partial charge in [-0.05, 0) is 6.42 Å². The van der Waals surface area contributed by atoms with Gasteiger partial charge in [0.2, 0.25) is 0 Å². The number of carbonyl (C=O) groups is 5. The number of carboxylic acid groups (broad SMARTS) is 2. The third-order valence-corrected chi connectivity index (χ3v) is 4.49. The van der Waals surface area contributed by atoms with E-state index in [4.69, 9.17) is 15.3 Å². The molecule has 12 nitrogen and oxygen atoms in total. The Morgan fingerprint density at radius 3 is 2.18 bits per heavy atom. The maximum Gasteiger partial charge on any atom is 0.408 e. The number of aliphatic hydroxyl groups excluding tert-OH is 1. The van der Waals surface area contributed by atoms with Crippen LogP contribution in [0.1, 0.15) is 31.7 Å². The van der Waals surface area contributed by atoms with Gasteiger partial charge in [-0.15, -0.1) is 0 Å². The molecule has 33 heavy (non-hydrogen) atoms. The Morgan fingerprint density at radius 2 is 1.73 bits per heavy atom. The van der Waals surface area contributed by atoms with Gasteiger partial charge >= 0.3 is 124 Å². The summed E-state index contributed by atoms with van der Waals surface area (Å²) in [5.74, 6) is -2.43. The van der Waals surface area contributed by atoms with Crippen LogP contribution >= 0.6 is 0 Å². The molecule has 0 spiro atoms. The molecule has 6 N–H and O–H groups in total. The van der Waals surface area contributed by atoms with E-state index in [9.17, 15) is 24.0 Å². The van der Waals surface area contributed by atoms with Crippen LogP contribution in [0, 0.1) is 25.0 Å². The van der Waals surface area contributed by atoms with Crippen LogP contribution in [0.5, 0.6) is 0 Å². The minimum Gasteiger partial charge on any atom is -0.481 e. The average Bonchev–Trinajstić information content (AvgIpc) is 2.82. The Balaban J connectivity index is 0. The molecule has 0 aliphatic heterocycles. The van der Waals surface area contributed by atoms with Gasteiger partial charge in [-0.1, -0.05) is 0 Å². The standard InChI is InChI=1S/C11H15AtN2O.C8H11NO7.CH4O/c1-2-11(15)13-8-7-9-3-5-10(14-12)6-4-9;10-3-4-16-8(15)9-5(7(13)14)1-2-6(11)12;1-2/h3-6,14H,2,7-8H2,1H3,(H,13,15);3,5H,1-2,4H2,(H,9,15)(H,11,12)(H,13,14);2H,1H3. The summed E-state index contributed by atoms with van der Waals surface area (Å²) in [4.78, 5) is 52.5. The number of carboxylic acids is 2. The Kier molecular flexibility index (Phi) is 20.7. The molecule has 0 radical (unpaired) electrons. The van der Waals surface area contributed by atoms with Crippen molar-refractivity contribution in [1.82, 2.24) is 10.6 Å². The topological polar surface area (TPSA) is 191 Å². The predicted octanol–water partition coefficient (Wildman–Crippen LogP) is 0.470. The summed E-state index contributed by atoms with van der Waals surface area (Å²) in [6.07, 6.45) is 0.0315. The number of benzene rings is 1. The molecule has 2 amide bonds. The number of anilines is 1. The molecule has 0 heterocycles. The van der Waals surface area contributed by atoms with Crippen molar-refractivity contribution in [3.63, 3.8) is 0 Å². The Bertz CT molecular complexity index is 730. The number of rotatable bonds is 12. The summed E-state index contributed by atoms with van der Waals surface area (Å²) in [6.45, 7) is 2.09. The van der Waals surface area contributed by atoms with Gasteiger partial charge in [0.1, 0.15) is 12.6 Å². The minimum absolute atomic E-state index is 0.115. The maximum atomic E-state index is 11.0. The van der Waals surface area contributed by atoms with Crippen molar-refractivity contribution in [1.29, 1.82) is 0 Å². The zero-order valence-corrected chi connectivity index (χ0v) is 21.3. The first kappa shape index (κ1) is 32.4. The molecule has 1 unspecified atom stereocenters. The fourth-order valence-corrected chi connectivity index (χ4v) is 2.51. The first-order valence-electron chi connectivity index (χ1n) is 9.71. The van der Waals surface area contributed by atoms with Crippen LogP contribution in [0.4, 0.5) is 10.5 Å². The number of hydrogen-bond donors (Lipinski definition) is 6. The van der Waals surface area contributed by atoms with Gasteiger partial charge in [0.25, 0.3) is 0 Å². The van der Waals surface area contributed by atoms with Gasteiger partial charge in [0, 0.05) is 13.5 Å². The molecule has 0 aliphatic rings. The number of aliphatic carboxylic acids is 2. The Labute approximate surface area is 207 Å². The quantitative estimate of drug-likeness (QED) is 0.171. The van der Waals surface area contributed by atoms with E-state index in [1.807, 2.05) is 12.2 Å². The number of carbonyl (C=O) groups excluding carboxylic acids is 3. The number of ether oxygens (including phenoxy) is 1. The van der Waals surface area contributed by atoms with E-state index < -0.39 is 37.1 Å². The van der Waals surface area contributed by atoms with Gasteiger partial charge in [0.05, 0.1) is 0 Å². The predicted molar refractivity (Wildman–Crippen MR) is 114 cm³/mol. The largest absolute Gasteiger partial charge is 0.481 e. The van der Waals surface area contributed by atoms with Crippen molar-refractivity contribution >= 4 is 35.9 Å². The molecule has 0 bridgehead atoms. The maximum absolute atomic E-state index is 11.0. The second-order valence-electron chi connectivity index (χ2n) is 5.98. The van der Waals surface area contributed by atoms with Gasteiger partial charge in [-0.2, -0.15) is 0 Å². The van der Waals surface area contributed by atoms with Crippen molar-refractivity contribution in [2.45, 2.75) is 38.6 Å². The molecule has 0 aromatic heterocycles. The van der Waals surface area contributed by atoms with E-state index in [2.05, 4.69) is 37.6 Å².